The van der Waals surface area contributed by atoms with E-state index in [1.54, 1.807) is 37.4 Å². The summed E-state index contributed by atoms with van der Waals surface area (Å²) in [6, 6.07) is 18.4. The lowest BCUT2D eigenvalue weighted by atomic mass is 9.45. The zero-order chi connectivity index (χ0) is 45.8. The Morgan fingerprint density at radius 1 is 0.969 bits per heavy atom. The summed E-state index contributed by atoms with van der Waals surface area (Å²) in [6.45, 7) is 9.43. The number of aliphatic hydroxyl groups is 2. The number of methoxy groups -OCH3 is 1. The second-order valence-corrected chi connectivity index (χ2v) is 20.3. The minimum Gasteiger partial charge on any atom is -0.497 e. The number of fused-ring (bicyclic) bond motifs is 10. The van der Waals surface area contributed by atoms with Gasteiger partial charge < -0.3 is 29.6 Å². The van der Waals surface area contributed by atoms with E-state index in [1.165, 1.54) is 12.1 Å². The highest BCUT2D eigenvalue weighted by molar-refractivity contribution is 6.33. The van der Waals surface area contributed by atoms with Crippen molar-refractivity contribution in [2.24, 2.45) is 28.6 Å². The Bertz CT molecular complexity index is 2410. The molecule has 0 aliphatic heterocycles. The SMILES string of the molecule is COc1ccc(NC(=O)N(CC2CCC3CC2C3(C)C)CC2(O)CCC3c4ccc(cc4C(=O)c4ccc(-c5cc(C(F)(F)F)ccc5Cl)o4)CC(O)CCC(C)=CCCC32C)cc1. The van der Waals surface area contributed by atoms with Gasteiger partial charge in [0.05, 0.1) is 35.9 Å². The molecule has 12 heteroatoms. The van der Waals surface area contributed by atoms with E-state index in [9.17, 15) is 33.0 Å². The van der Waals surface area contributed by atoms with Crippen LogP contribution in [0.25, 0.3) is 11.3 Å². The predicted octanol–water partition coefficient (Wildman–Crippen LogP) is 12.5. The summed E-state index contributed by atoms with van der Waals surface area (Å²) >= 11 is 6.38. The number of allylic oxidation sites excluding steroid dienone is 2. The van der Waals surface area contributed by atoms with Gasteiger partial charge in [-0.1, -0.05) is 56.2 Å². The molecule has 6 aliphatic carbocycles. The molecule has 0 spiro atoms. The Hall–Kier alpha value is -4.58. The van der Waals surface area contributed by atoms with Gasteiger partial charge in [0.1, 0.15) is 11.5 Å². The smallest absolute Gasteiger partial charge is 0.416 e. The van der Waals surface area contributed by atoms with Crippen LogP contribution in [0.15, 0.2) is 88.9 Å². The minimum atomic E-state index is -4.61. The quantitative estimate of drug-likeness (QED) is 0.114. The first-order chi connectivity index (χ1) is 30.3. The maximum absolute atomic E-state index is 14.8. The molecular formula is C52H60ClF3N2O6. The van der Waals surface area contributed by atoms with Gasteiger partial charge in [0.25, 0.3) is 0 Å². The number of urea groups is 1. The zero-order valence-corrected chi connectivity index (χ0v) is 38.1. The van der Waals surface area contributed by atoms with Crippen molar-refractivity contribution in [2.75, 3.05) is 25.5 Å². The van der Waals surface area contributed by atoms with Crippen LogP contribution in [0.2, 0.25) is 5.02 Å². The monoisotopic (exact) mass is 900 g/mol. The molecule has 342 valence electrons. The highest BCUT2D eigenvalue weighted by Crippen LogP contribution is 2.62. The minimum absolute atomic E-state index is 0.00775. The van der Waals surface area contributed by atoms with Crippen LogP contribution in [0.4, 0.5) is 23.7 Å². The predicted molar refractivity (Wildman–Crippen MR) is 243 cm³/mol. The second kappa shape index (κ2) is 17.7. The van der Waals surface area contributed by atoms with E-state index in [2.05, 4.69) is 39.1 Å². The molecule has 7 unspecified atom stereocenters. The molecule has 0 radical (unpaired) electrons. The third-order valence-electron chi connectivity index (χ3n) is 15.8. The Labute approximate surface area is 379 Å². The summed E-state index contributed by atoms with van der Waals surface area (Å²) in [6.07, 6.45) is 3.80. The number of carbonyl (C=O) groups excluding carboxylic acids is 2. The average Bonchev–Trinajstić information content (AvgIpc) is 3.84. The molecule has 10 rings (SSSR count). The Morgan fingerprint density at radius 2 is 1.73 bits per heavy atom. The lowest BCUT2D eigenvalue weighted by Gasteiger charge is -2.60. The van der Waals surface area contributed by atoms with Crippen LogP contribution < -0.4 is 10.1 Å². The fraction of sp³-hybridized carbons (Fsp3) is 0.500. The fourth-order valence-electron chi connectivity index (χ4n) is 11.7. The van der Waals surface area contributed by atoms with Crippen LogP contribution in [-0.2, 0) is 12.6 Å². The van der Waals surface area contributed by atoms with E-state index in [1.807, 2.05) is 17.0 Å². The number of nitrogens with one attached hydrogen (secondary N) is 1. The molecule has 0 saturated heterocycles. The van der Waals surface area contributed by atoms with Crippen molar-refractivity contribution < 1.29 is 42.1 Å². The molecule has 6 aliphatic rings. The lowest BCUT2D eigenvalue weighted by Crippen LogP contribution is -2.58. The lowest BCUT2D eigenvalue weighted by molar-refractivity contribution is -0.137. The first-order valence-corrected chi connectivity index (χ1v) is 23.1. The van der Waals surface area contributed by atoms with Crippen LogP contribution in [0.1, 0.15) is 124 Å². The molecule has 4 bridgehead atoms. The third kappa shape index (κ3) is 8.89. The number of ether oxygens (including phenoxy) is 1. The highest BCUT2D eigenvalue weighted by Gasteiger charge is 2.59. The van der Waals surface area contributed by atoms with Gasteiger partial charge in [-0.05, 0) is 172 Å². The first-order valence-electron chi connectivity index (χ1n) is 22.7. The molecule has 64 heavy (non-hydrogen) atoms. The second-order valence-electron chi connectivity index (χ2n) is 19.9. The number of hydrogen-bond donors (Lipinski definition) is 3. The van der Waals surface area contributed by atoms with Crippen LogP contribution in [0.3, 0.4) is 0 Å². The number of alkyl halides is 3. The number of benzene rings is 3. The fourth-order valence-corrected chi connectivity index (χ4v) is 11.9. The molecular weight excluding hydrogens is 841 g/mol. The molecule has 8 nitrogen and oxygen atoms in total. The molecule has 4 saturated carbocycles. The maximum Gasteiger partial charge on any atom is 0.416 e. The number of furan rings is 1. The average molecular weight is 902 g/mol. The van der Waals surface area contributed by atoms with Crippen molar-refractivity contribution in [1.82, 2.24) is 4.90 Å². The van der Waals surface area contributed by atoms with Crippen molar-refractivity contribution in [3.63, 3.8) is 0 Å². The molecule has 2 amide bonds. The number of carbonyl (C=O) groups is 2. The van der Waals surface area contributed by atoms with Crippen molar-refractivity contribution >= 4 is 29.1 Å². The Balaban J connectivity index is 1.17. The molecule has 1 aromatic heterocycles. The van der Waals surface area contributed by atoms with Crippen molar-refractivity contribution in [3.05, 3.63) is 117 Å². The summed E-state index contributed by atoms with van der Waals surface area (Å²) < 4.78 is 52.5. The normalized spacial score (nSPS) is 27.7. The number of ketones is 1. The van der Waals surface area contributed by atoms with E-state index < -0.39 is 34.6 Å². The summed E-state index contributed by atoms with van der Waals surface area (Å²) in [7, 11) is 1.59. The van der Waals surface area contributed by atoms with Gasteiger partial charge in [-0.25, -0.2) is 4.79 Å². The van der Waals surface area contributed by atoms with E-state index in [-0.39, 0.29) is 51.9 Å². The van der Waals surface area contributed by atoms with Crippen LogP contribution in [0.5, 0.6) is 5.75 Å². The molecule has 1 heterocycles. The molecule has 4 aromatic rings. The summed E-state index contributed by atoms with van der Waals surface area (Å²) in [4.78, 5) is 31.2. The summed E-state index contributed by atoms with van der Waals surface area (Å²) in [5.74, 6) is 1.24. The number of hydrogen-bond acceptors (Lipinski definition) is 6. The van der Waals surface area contributed by atoms with Crippen LogP contribution in [0, 0.1) is 28.6 Å². The van der Waals surface area contributed by atoms with Gasteiger partial charge >= 0.3 is 12.2 Å². The zero-order valence-electron chi connectivity index (χ0n) is 37.4. The Kier molecular flexibility index (Phi) is 12.7. The standard InChI is InChI=1S/C52H60ClF3N2O6/c1-31-7-6-23-50(4)42(22-24-51(50,62)30-58(29-33-10-11-34-28-43(33)49(34,2)3)48(61)57-36-13-16-38(63-5)17-14-36)39-18-9-32(25-37(59)15-8-31)26-40(39)47(60)46-21-20-45(64-46)41-27-35(52(54,55)56)12-19-44(41)53/h7,9,12-14,16-21,26-27,33-34,37,42-43,59,62H,6,8,10-11,15,22-25,28-30H2,1-5H3,(H,57,61). The summed E-state index contributed by atoms with van der Waals surface area (Å²) in [5, 5.41) is 27.6. The molecule has 4 fully saturated rings. The van der Waals surface area contributed by atoms with Gasteiger partial charge in [-0.15, -0.1) is 0 Å². The van der Waals surface area contributed by atoms with E-state index >= 15 is 0 Å². The van der Waals surface area contributed by atoms with E-state index in [0.29, 0.717) is 85.9 Å². The highest BCUT2D eigenvalue weighted by atomic mass is 35.5. The Morgan fingerprint density at radius 3 is 2.44 bits per heavy atom. The number of halogens is 4. The van der Waals surface area contributed by atoms with Crippen LogP contribution in [-0.4, -0.2) is 58.8 Å². The van der Waals surface area contributed by atoms with Crippen LogP contribution >= 0.6 is 11.6 Å². The number of aliphatic hydroxyl groups excluding tert-OH is 1. The van der Waals surface area contributed by atoms with Crippen molar-refractivity contribution in [3.8, 4) is 17.1 Å². The van der Waals surface area contributed by atoms with Gasteiger partial charge in [-0.3, -0.25) is 4.79 Å². The van der Waals surface area contributed by atoms with Crippen molar-refractivity contribution in [1.29, 1.82) is 0 Å². The van der Waals surface area contributed by atoms with Crippen molar-refractivity contribution in [2.45, 2.75) is 116 Å². The van der Waals surface area contributed by atoms with Gasteiger partial charge in [0.2, 0.25) is 5.78 Å². The van der Waals surface area contributed by atoms with E-state index in [0.717, 1.165) is 48.6 Å². The van der Waals surface area contributed by atoms with Gasteiger partial charge in [0.15, 0.2) is 5.76 Å². The number of rotatable bonds is 9. The first kappa shape index (κ1) is 46.0. The number of amides is 2. The topological polar surface area (TPSA) is 112 Å². The summed E-state index contributed by atoms with van der Waals surface area (Å²) in [5.41, 5.74) is 0.656. The number of nitrogens with zero attached hydrogens (tertiary/aromatic N) is 1. The van der Waals surface area contributed by atoms with Gasteiger partial charge in [0, 0.05) is 28.8 Å². The molecule has 3 aromatic carbocycles. The third-order valence-corrected chi connectivity index (χ3v) is 16.2. The largest absolute Gasteiger partial charge is 0.497 e. The van der Waals surface area contributed by atoms with E-state index in [4.69, 9.17) is 20.8 Å². The molecule has 7 atom stereocenters. The van der Waals surface area contributed by atoms with Gasteiger partial charge in [-0.2, -0.15) is 13.2 Å². The maximum atomic E-state index is 14.8. The number of anilines is 1. The molecule has 3 N–H and O–H groups in total.